The fourth-order valence-corrected chi connectivity index (χ4v) is 2.13. The highest BCUT2D eigenvalue weighted by Gasteiger charge is 2.29. The van der Waals surface area contributed by atoms with E-state index >= 15 is 0 Å². The zero-order valence-electron chi connectivity index (χ0n) is 15.8. The van der Waals surface area contributed by atoms with Gasteiger partial charge < -0.3 is 27.3 Å². The van der Waals surface area contributed by atoms with E-state index in [0.717, 1.165) is 6.42 Å². The zero-order valence-corrected chi connectivity index (χ0v) is 15.8. The smallest absolute Gasteiger partial charge is 0.336 e. The van der Waals surface area contributed by atoms with Crippen molar-refractivity contribution < 1.29 is 19.1 Å². The average molecular weight is 358 g/mol. The number of carbonyl (C=O) groups is 3. The number of hydrogen-bond donors (Lipinski definition) is 4. The van der Waals surface area contributed by atoms with Gasteiger partial charge in [0.1, 0.15) is 12.1 Å². The van der Waals surface area contributed by atoms with E-state index in [4.69, 9.17) is 21.9 Å². The van der Waals surface area contributed by atoms with Gasteiger partial charge in [0.15, 0.2) is 0 Å². The van der Waals surface area contributed by atoms with Crippen molar-refractivity contribution in [1.82, 2.24) is 5.32 Å². The second kappa shape index (κ2) is 11.9. The molecule has 1 amide bonds. The molecule has 0 aliphatic heterocycles. The Balaban J connectivity index is 4.77. The Hall–Kier alpha value is -1.51. The third-order valence-corrected chi connectivity index (χ3v) is 3.80. The van der Waals surface area contributed by atoms with Crippen LogP contribution in [0.1, 0.15) is 53.4 Å². The molecule has 0 aromatic heterocycles. The Labute approximate surface area is 150 Å². The fourth-order valence-electron chi connectivity index (χ4n) is 2.13. The van der Waals surface area contributed by atoms with Crippen LogP contribution in [0, 0.1) is 11.8 Å². The Bertz CT molecular complexity index is 440. The predicted octanol–water partition coefficient (Wildman–Crippen LogP) is 0.0267. The van der Waals surface area contributed by atoms with Gasteiger partial charge in [-0.1, -0.05) is 34.1 Å². The van der Waals surface area contributed by atoms with Crippen LogP contribution in [0.5, 0.6) is 0 Å². The van der Waals surface area contributed by atoms with Gasteiger partial charge in [-0.15, -0.1) is 0 Å². The van der Waals surface area contributed by atoms with Crippen molar-refractivity contribution >= 4 is 17.8 Å². The largest absolute Gasteiger partial charge is 0.390 e. The maximum Gasteiger partial charge on any atom is 0.336 e. The molecule has 0 unspecified atom stereocenters. The van der Waals surface area contributed by atoms with E-state index in [0.29, 0.717) is 25.8 Å². The van der Waals surface area contributed by atoms with Crippen LogP contribution in [-0.2, 0) is 19.1 Å². The summed E-state index contributed by atoms with van der Waals surface area (Å²) in [6.07, 6.45) is 2.15. The molecule has 0 spiro atoms. The van der Waals surface area contributed by atoms with E-state index in [1.54, 1.807) is 0 Å². The monoisotopic (exact) mass is 358 g/mol. The van der Waals surface area contributed by atoms with Crippen molar-refractivity contribution in [1.29, 1.82) is 0 Å². The lowest BCUT2D eigenvalue weighted by Gasteiger charge is -2.22. The van der Waals surface area contributed by atoms with Crippen LogP contribution < -0.4 is 22.5 Å². The van der Waals surface area contributed by atoms with Crippen LogP contribution in [-0.4, -0.2) is 42.5 Å². The Morgan fingerprint density at radius 2 is 1.60 bits per heavy atom. The minimum Gasteiger partial charge on any atom is -0.390 e. The molecule has 7 N–H and O–H groups in total. The summed E-state index contributed by atoms with van der Waals surface area (Å²) < 4.78 is 4.86. The minimum atomic E-state index is -0.933. The summed E-state index contributed by atoms with van der Waals surface area (Å²) >= 11 is 0. The van der Waals surface area contributed by atoms with Gasteiger partial charge in [-0.25, -0.2) is 9.59 Å². The molecule has 0 aromatic carbocycles. The lowest BCUT2D eigenvalue weighted by Crippen LogP contribution is -2.51. The molecule has 25 heavy (non-hydrogen) atoms. The highest BCUT2D eigenvalue weighted by molar-refractivity contribution is 5.93. The highest BCUT2D eigenvalue weighted by atomic mass is 16.6. The van der Waals surface area contributed by atoms with Crippen molar-refractivity contribution in [2.75, 3.05) is 6.54 Å². The molecule has 0 bridgehead atoms. The molecule has 0 heterocycles. The molecule has 0 saturated carbocycles. The van der Waals surface area contributed by atoms with E-state index in [9.17, 15) is 14.4 Å². The Morgan fingerprint density at radius 3 is 2.08 bits per heavy atom. The third kappa shape index (κ3) is 9.52. The summed E-state index contributed by atoms with van der Waals surface area (Å²) in [4.78, 5) is 36.3. The minimum absolute atomic E-state index is 0.0756. The number of carbonyl (C=O) groups excluding carboxylic acids is 3. The van der Waals surface area contributed by atoms with E-state index < -0.39 is 36.0 Å². The van der Waals surface area contributed by atoms with Gasteiger partial charge in [0.25, 0.3) is 0 Å². The normalized spacial score (nSPS) is 14.9. The quantitative estimate of drug-likeness (QED) is 0.231. The van der Waals surface area contributed by atoms with Gasteiger partial charge in [-0.05, 0) is 37.6 Å². The predicted molar refractivity (Wildman–Crippen MR) is 96.2 cm³/mol. The van der Waals surface area contributed by atoms with Crippen LogP contribution in [0.4, 0.5) is 0 Å². The summed E-state index contributed by atoms with van der Waals surface area (Å²) in [7, 11) is 0. The number of amides is 1. The number of hydrogen-bond acceptors (Lipinski definition) is 7. The van der Waals surface area contributed by atoms with Crippen LogP contribution in [0.15, 0.2) is 0 Å². The first-order valence-electron chi connectivity index (χ1n) is 8.87. The number of esters is 2. The van der Waals surface area contributed by atoms with Crippen LogP contribution in [0.25, 0.3) is 0 Å². The third-order valence-electron chi connectivity index (χ3n) is 3.80. The summed E-state index contributed by atoms with van der Waals surface area (Å²) in [6.45, 7) is 7.93. The summed E-state index contributed by atoms with van der Waals surface area (Å²) in [5.41, 5.74) is 16.9. The van der Waals surface area contributed by atoms with Gasteiger partial charge in [-0.2, -0.15) is 0 Å². The maximum atomic E-state index is 12.3. The average Bonchev–Trinajstić information content (AvgIpc) is 2.52. The molecule has 0 rings (SSSR count). The molecule has 0 radical (unpaired) electrons. The first kappa shape index (κ1) is 23.5. The molecule has 0 aliphatic rings. The summed E-state index contributed by atoms with van der Waals surface area (Å²) in [5, 5.41) is 2.58. The van der Waals surface area contributed by atoms with E-state index in [1.807, 2.05) is 27.7 Å². The fraction of sp³-hybridized carbons (Fsp3) is 0.824. The Kier molecular flexibility index (Phi) is 11.2. The van der Waals surface area contributed by atoms with Gasteiger partial charge in [0, 0.05) is 0 Å². The zero-order chi connectivity index (χ0) is 19.6. The van der Waals surface area contributed by atoms with Crippen LogP contribution in [0.3, 0.4) is 0 Å². The second-order valence-corrected chi connectivity index (χ2v) is 7.09. The maximum absolute atomic E-state index is 12.3. The van der Waals surface area contributed by atoms with Crippen molar-refractivity contribution in [3.8, 4) is 0 Å². The van der Waals surface area contributed by atoms with Crippen molar-refractivity contribution in [3.05, 3.63) is 0 Å². The lowest BCUT2D eigenvalue weighted by molar-refractivity contribution is -0.163. The van der Waals surface area contributed by atoms with Crippen LogP contribution in [0.2, 0.25) is 0 Å². The first-order valence-corrected chi connectivity index (χ1v) is 8.87. The molecular formula is C17H34N4O4. The van der Waals surface area contributed by atoms with E-state index in [1.165, 1.54) is 0 Å². The number of ether oxygens (including phenoxy) is 1. The number of nitrogens with one attached hydrogen (secondary N) is 1. The molecule has 8 heteroatoms. The molecule has 0 fully saturated rings. The molecule has 3 atom stereocenters. The second-order valence-electron chi connectivity index (χ2n) is 7.09. The SMILES string of the molecule is CC(C)C[C@H](NC(=O)[C@H](N)C(C)C)C(=O)OC(=O)[C@@H](N)CCCCN. The van der Waals surface area contributed by atoms with E-state index in [2.05, 4.69) is 5.32 Å². The van der Waals surface area contributed by atoms with E-state index in [-0.39, 0.29) is 11.8 Å². The molecule has 0 aliphatic carbocycles. The molecule has 8 nitrogen and oxygen atoms in total. The standard InChI is InChI=1S/C17H34N4O4/c1-10(2)9-13(21-15(22)14(20)11(3)4)17(24)25-16(23)12(19)7-5-6-8-18/h10-14H,5-9,18-20H2,1-4H3,(H,21,22)/t12-,13-,14+/m0/s1. The molecular weight excluding hydrogens is 324 g/mol. The molecule has 146 valence electrons. The van der Waals surface area contributed by atoms with Gasteiger partial charge in [0.2, 0.25) is 5.91 Å². The van der Waals surface area contributed by atoms with Gasteiger partial charge >= 0.3 is 11.9 Å². The highest BCUT2D eigenvalue weighted by Crippen LogP contribution is 2.09. The summed E-state index contributed by atoms with van der Waals surface area (Å²) in [5.74, 6) is -2.01. The van der Waals surface area contributed by atoms with Gasteiger partial charge in [-0.3, -0.25) is 4.79 Å². The first-order chi connectivity index (χ1) is 11.6. The van der Waals surface area contributed by atoms with Crippen molar-refractivity contribution in [3.63, 3.8) is 0 Å². The number of nitrogens with two attached hydrogens (primary N) is 3. The summed E-state index contributed by atoms with van der Waals surface area (Å²) in [6, 6.07) is -2.56. The lowest BCUT2D eigenvalue weighted by atomic mass is 10.0. The van der Waals surface area contributed by atoms with Crippen molar-refractivity contribution in [2.24, 2.45) is 29.0 Å². The van der Waals surface area contributed by atoms with Gasteiger partial charge in [0.05, 0.1) is 6.04 Å². The Morgan fingerprint density at radius 1 is 1.00 bits per heavy atom. The molecule has 0 aromatic rings. The topological polar surface area (TPSA) is 151 Å². The van der Waals surface area contributed by atoms with Crippen molar-refractivity contribution in [2.45, 2.75) is 71.5 Å². The number of rotatable bonds is 11. The van der Waals surface area contributed by atoms with Crippen LogP contribution >= 0.6 is 0 Å². The number of unbranched alkanes of at least 4 members (excludes halogenated alkanes) is 1. The molecule has 0 saturated heterocycles.